The van der Waals surface area contributed by atoms with E-state index in [2.05, 4.69) is 17.1 Å². The lowest BCUT2D eigenvalue weighted by Crippen LogP contribution is -1.90. The molecule has 0 bridgehead atoms. The molecule has 0 saturated heterocycles. The smallest absolute Gasteiger partial charge is 0.147 e. The maximum absolute atomic E-state index is 13.4. The molecule has 1 aromatic heterocycles. The highest BCUT2D eigenvalue weighted by molar-refractivity contribution is 7.98. The highest BCUT2D eigenvalue weighted by atomic mass is 32.2. The summed E-state index contributed by atoms with van der Waals surface area (Å²) in [6.45, 7) is 0. The van der Waals surface area contributed by atoms with Crippen molar-refractivity contribution in [3.63, 3.8) is 0 Å². The van der Waals surface area contributed by atoms with Crippen LogP contribution in [0.5, 0.6) is 0 Å². The number of nitrogens with two attached hydrogens (primary N) is 1. The molecule has 0 unspecified atom stereocenters. The summed E-state index contributed by atoms with van der Waals surface area (Å²) < 4.78 is 13.4. The average molecular weight is 284 g/mol. The van der Waals surface area contributed by atoms with E-state index < -0.39 is 0 Å². The Morgan fingerprint density at radius 3 is 2.85 bits per heavy atom. The molecule has 0 atom stereocenters. The van der Waals surface area contributed by atoms with Crippen molar-refractivity contribution >= 4 is 28.4 Å². The van der Waals surface area contributed by atoms with Crippen LogP contribution in [-0.2, 0) is 5.75 Å². The fourth-order valence-electron chi connectivity index (χ4n) is 1.98. The van der Waals surface area contributed by atoms with Crippen LogP contribution >= 0.6 is 11.8 Å². The van der Waals surface area contributed by atoms with Crippen LogP contribution in [0.3, 0.4) is 0 Å². The topological polar surface area (TPSA) is 38.9 Å². The second-order valence-corrected chi connectivity index (χ2v) is 5.55. The Morgan fingerprint density at radius 2 is 2.00 bits per heavy atom. The number of aromatic nitrogens is 1. The summed E-state index contributed by atoms with van der Waals surface area (Å²) in [5.41, 5.74) is 7.83. The number of hydrogen-bond acceptors (Lipinski definition) is 3. The van der Waals surface area contributed by atoms with Gasteiger partial charge in [-0.1, -0.05) is 12.1 Å². The van der Waals surface area contributed by atoms with Crippen molar-refractivity contribution in [2.24, 2.45) is 0 Å². The minimum absolute atomic E-state index is 0.186. The first-order valence-corrected chi connectivity index (χ1v) is 7.22. The quantitative estimate of drug-likeness (QED) is 0.577. The maximum atomic E-state index is 13.4. The number of benzene rings is 2. The summed E-state index contributed by atoms with van der Waals surface area (Å²) in [5.74, 6) is 0.423. The highest BCUT2D eigenvalue weighted by Gasteiger charge is 2.02. The summed E-state index contributed by atoms with van der Waals surface area (Å²) in [7, 11) is 0. The van der Waals surface area contributed by atoms with Gasteiger partial charge >= 0.3 is 0 Å². The van der Waals surface area contributed by atoms with Gasteiger partial charge in [-0.3, -0.25) is 4.98 Å². The van der Waals surface area contributed by atoms with E-state index >= 15 is 0 Å². The predicted molar refractivity (Wildman–Crippen MR) is 82.1 cm³/mol. The van der Waals surface area contributed by atoms with Crippen LogP contribution in [0.2, 0.25) is 0 Å². The summed E-state index contributed by atoms with van der Waals surface area (Å²) >= 11 is 1.59. The molecule has 0 spiro atoms. The molecular formula is C16H13FN2S. The minimum Gasteiger partial charge on any atom is -0.396 e. The average Bonchev–Trinajstić information content (AvgIpc) is 2.48. The Hall–Kier alpha value is -2.07. The van der Waals surface area contributed by atoms with E-state index in [9.17, 15) is 4.39 Å². The Kier molecular flexibility index (Phi) is 3.56. The molecule has 2 aromatic carbocycles. The van der Waals surface area contributed by atoms with Gasteiger partial charge in [0.15, 0.2) is 0 Å². The molecule has 2 nitrogen and oxygen atoms in total. The predicted octanol–water partition coefficient (Wildman–Crippen LogP) is 4.25. The molecule has 0 fully saturated rings. The molecule has 3 aromatic rings. The zero-order valence-electron chi connectivity index (χ0n) is 10.7. The number of nitrogens with zero attached hydrogens (tertiary/aromatic N) is 1. The fraction of sp³-hybridized carbons (Fsp3) is 0.0625. The lowest BCUT2D eigenvalue weighted by molar-refractivity contribution is 0.629. The number of nitrogen functional groups attached to an aromatic ring is 1. The molecule has 0 aliphatic heterocycles. The number of rotatable bonds is 3. The fourth-order valence-corrected chi connectivity index (χ4v) is 2.84. The minimum atomic E-state index is -0.363. The molecule has 20 heavy (non-hydrogen) atoms. The van der Waals surface area contributed by atoms with Crippen LogP contribution in [0, 0.1) is 5.82 Å². The van der Waals surface area contributed by atoms with Crippen molar-refractivity contribution in [3.8, 4) is 0 Å². The number of halogens is 1. The zero-order chi connectivity index (χ0) is 13.9. The molecule has 0 aliphatic carbocycles. The van der Waals surface area contributed by atoms with Crippen LogP contribution in [0.25, 0.3) is 10.9 Å². The van der Waals surface area contributed by atoms with E-state index in [0.29, 0.717) is 0 Å². The van der Waals surface area contributed by atoms with Gasteiger partial charge in [0, 0.05) is 22.2 Å². The number of pyridine rings is 1. The van der Waals surface area contributed by atoms with Gasteiger partial charge in [-0.05, 0) is 42.0 Å². The summed E-state index contributed by atoms with van der Waals surface area (Å²) in [5, 5.41) is 1.12. The standard InChI is InChI=1S/C16H13FN2S/c17-14-9-13(4-5-15(14)18)20-10-11-3-6-16-12(8-11)2-1-7-19-16/h1-9H,10,18H2. The normalized spacial score (nSPS) is 10.8. The largest absolute Gasteiger partial charge is 0.396 e. The van der Waals surface area contributed by atoms with Crippen LogP contribution in [0.15, 0.2) is 59.6 Å². The number of thioether (sulfide) groups is 1. The first-order valence-electron chi connectivity index (χ1n) is 6.24. The Bertz CT molecular complexity index is 758. The Morgan fingerprint density at radius 1 is 1.10 bits per heavy atom. The molecule has 2 N–H and O–H groups in total. The van der Waals surface area contributed by atoms with Crippen molar-refractivity contribution in [3.05, 3.63) is 66.1 Å². The molecule has 100 valence electrons. The van der Waals surface area contributed by atoms with Crippen molar-refractivity contribution in [1.29, 1.82) is 0 Å². The van der Waals surface area contributed by atoms with Crippen LogP contribution in [0.1, 0.15) is 5.56 Å². The third kappa shape index (κ3) is 2.75. The van der Waals surface area contributed by atoms with Gasteiger partial charge in [0.1, 0.15) is 5.82 Å². The molecule has 0 amide bonds. The summed E-state index contributed by atoms with van der Waals surface area (Å²) in [6.07, 6.45) is 1.79. The zero-order valence-corrected chi connectivity index (χ0v) is 11.5. The lowest BCUT2D eigenvalue weighted by atomic mass is 10.1. The second-order valence-electron chi connectivity index (χ2n) is 4.50. The van der Waals surface area contributed by atoms with Crippen molar-refractivity contribution in [1.82, 2.24) is 4.98 Å². The third-order valence-corrected chi connectivity index (χ3v) is 4.11. The highest BCUT2D eigenvalue weighted by Crippen LogP contribution is 2.26. The van der Waals surface area contributed by atoms with Crippen molar-refractivity contribution < 1.29 is 4.39 Å². The van der Waals surface area contributed by atoms with E-state index in [1.54, 1.807) is 24.0 Å². The second kappa shape index (κ2) is 5.51. The van der Waals surface area contributed by atoms with Gasteiger partial charge < -0.3 is 5.73 Å². The van der Waals surface area contributed by atoms with Crippen LogP contribution in [-0.4, -0.2) is 4.98 Å². The van der Waals surface area contributed by atoms with E-state index in [4.69, 9.17) is 5.73 Å². The molecule has 3 rings (SSSR count). The van der Waals surface area contributed by atoms with Crippen molar-refractivity contribution in [2.45, 2.75) is 10.6 Å². The third-order valence-electron chi connectivity index (χ3n) is 3.04. The van der Waals surface area contributed by atoms with Gasteiger partial charge in [-0.25, -0.2) is 4.39 Å². The van der Waals surface area contributed by atoms with Gasteiger partial charge in [0.2, 0.25) is 0 Å². The molecular weight excluding hydrogens is 271 g/mol. The summed E-state index contributed by atoms with van der Waals surface area (Å²) in [6, 6.07) is 15.1. The van der Waals surface area contributed by atoms with Gasteiger partial charge in [-0.15, -0.1) is 11.8 Å². The Balaban J connectivity index is 1.77. The van der Waals surface area contributed by atoms with E-state index in [-0.39, 0.29) is 11.5 Å². The number of fused-ring (bicyclic) bond motifs is 1. The molecule has 0 radical (unpaired) electrons. The van der Waals surface area contributed by atoms with E-state index in [0.717, 1.165) is 21.6 Å². The summed E-state index contributed by atoms with van der Waals surface area (Å²) in [4.78, 5) is 5.17. The van der Waals surface area contributed by atoms with Gasteiger partial charge in [0.25, 0.3) is 0 Å². The molecule has 4 heteroatoms. The lowest BCUT2D eigenvalue weighted by Gasteiger charge is -2.05. The van der Waals surface area contributed by atoms with Crippen LogP contribution < -0.4 is 5.73 Å². The first-order chi connectivity index (χ1) is 9.72. The van der Waals surface area contributed by atoms with E-state index in [1.165, 1.54) is 11.6 Å². The number of anilines is 1. The first kappa shape index (κ1) is 12.9. The Labute approximate surface area is 120 Å². The maximum Gasteiger partial charge on any atom is 0.147 e. The van der Waals surface area contributed by atoms with Gasteiger partial charge in [0.05, 0.1) is 11.2 Å². The monoisotopic (exact) mass is 284 g/mol. The molecule has 0 aliphatic rings. The van der Waals surface area contributed by atoms with Crippen molar-refractivity contribution in [2.75, 3.05) is 5.73 Å². The molecule has 0 saturated carbocycles. The molecule has 1 heterocycles. The SMILES string of the molecule is Nc1ccc(SCc2ccc3ncccc3c2)cc1F. The van der Waals surface area contributed by atoms with Crippen LogP contribution in [0.4, 0.5) is 10.1 Å². The number of hydrogen-bond donors (Lipinski definition) is 1. The van der Waals surface area contributed by atoms with E-state index in [1.807, 2.05) is 24.3 Å². The van der Waals surface area contributed by atoms with Gasteiger partial charge in [-0.2, -0.15) is 0 Å².